The molecule has 2 heterocycles. The number of piperidine rings is 2. The van der Waals surface area contributed by atoms with E-state index < -0.39 is 0 Å². The lowest BCUT2D eigenvalue weighted by Crippen LogP contribution is -2.52. The van der Waals surface area contributed by atoms with E-state index in [0.29, 0.717) is 0 Å². The predicted octanol–water partition coefficient (Wildman–Crippen LogP) is 1.16. The van der Waals surface area contributed by atoms with Crippen molar-refractivity contribution in [3.05, 3.63) is 0 Å². The number of rotatable bonds is 3. The standard InChI is InChI=1S/C13H24N2O2/c1-2-17-11-6-5-9-15(10-11)13(16)12-7-3-4-8-14-12/h11-12,14H,2-10H2,1H3/t11?,12-/m0/s1. The van der Waals surface area contributed by atoms with Gasteiger partial charge in [0.1, 0.15) is 0 Å². The molecular weight excluding hydrogens is 216 g/mol. The zero-order chi connectivity index (χ0) is 12.1. The van der Waals surface area contributed by atoms with Gasteiger partial charge in [-0.1, -0.05) is 6.42 Å². The third kappa shape index (κ3) is 3.42. The van der Waals surface area contributed by atoms with Crippen LogP contribution in [0.1, 0.15) is 39.0 Å². The molecule has 0 aromatic heterocycles. The van der Waals surface area contributed by atoms with Crippen molar-refractivity contribution in [2.75, 3.05) is 26.2 Å². The Labute approximate surface area is 104 Å². The summed E-state index contributed by atoms with van der Waals surface area (Å²) >= 11 is 0. The number of carbonyl (C=O) groups is 1. The molecule has 2 saturated heterocycles. The fourth-order valence-corrected chi connectivity index (χ4v) is 2.79. The van der Waals surface area contributed by atoms with Crippen molar-refractivity contribution in [2.24, 2.45) is 0 Å². The van der Waals surface area contributed by atoms with Crippen LogP contribution in [0.4, 0.5) is 0 Å². The number of likely N-dealkylation sites (tertiary alicyclic amines) is 1. The van der Waals surface area contributed by atoms with Crippen molar-refractivity contribution in [3.63, 3.8) is 0 Å². The second-order valence-corrected chi connectivity index (χ2v) is 5.01. The molecule has 0 aliphatic carbocycles. The summed E-state index contributed by atoms with van der Waals surface area (Å²) in [5.41, 5.74) is 0. The molecule has 0 saturated carbocycles. The molecule has 0 radical (unpaired) electrons. The molecule has 0 aromatic carbocycles. The monoisotopic (exact) mass is 240 g/mol. The number of hydrogen-bond donors (Lipinski definition) is 1. The minimum Gasteiger partial charge on any atom is -0.377 e. The number of amides is 1. The zero-order valence-electron chi connectivity index (χ0n) is 10.8. The topological polar surface area (TPSA) is 41.6 Å². The first-order valence-corrected chi connectivity index (χ1v) is 6.95. The van der Waals surface area contributed by atoms with Gasteiger partial charge in [-0.05, 0) is 39.2 Å². The van der Waals surface area contributed by atoms with Gasteiger partial charge in [0.05, 0.1) is 12.1 Å². The van der Waals surface area contributed by atoms with Crippen LogP contribution in [-0.2, 0) is 9.53 Å². The van der Waals surface area contributed by atoms with Gasteiger partial charge < -0.3 is 15.0 Å². The van der Waals surface area contributed by atoms with Crippen LogP contribution in [0.3, 0.4) is 0 Å². The fourth-order valence-electron chi connectivity index (χ4n) is 2.79. The number of ether oxygens (including phenoxy) is 1. The summed E-state index contributed by atoms with van der Waals surface area (Å²) in [4.78, 5) is 14.3. The van der Waals surface area contributed by atoms with Gasteiger partial charge in [0, 0.05) is 19.7 Å². The SMILES string of the molecule is CCOC1CCCN(C(=O)[C@@H]2CCCCN2)C1. The van der Waals surface area contributed by atoms with Gasteiger partial charge in [0.25, 0.3) is 0 Å². The molecule has 0 spiro atoms. The Morgan fingerprint density at radius 2 is 2.24 bits per heavy atom. The number of hydrogen-bond acceptors (Lipinski definition) is 3. The Bertz CT molecular complexity index is 250. The Morgan fingerprint density at radius 1 is 1.35 bits per heavy atom. The average molecular weight is 240 g/mol. The van der Waals surface area contributed by atoms with Crippen molar-refractivity contribution in [3.8, 4) is 0 Å². The van der Waals surface area contributed by atoms with Crippen molar-refractivity contribution >= 4 is 5.91 Å². The van der Waals surface area contributed by atoms with Gasteiger partial charge >= 0.3 is 0 Å². The van der Waals surface area contributed by atoms with E-state index in [2.05, 4.69) is 5.32 Å². The summed E-state index contributed by atoms with van der Waals surface area (Å²) in [6, 6.07) is 0.0594. The lowest BCUT2D eigenvalue weighted by Gasteiger charge is -2.35. The van der Waals surface area contributed by atoms with Crippen LogP contribution in [0.15, 0.2) is 0 Å². The van der Waals surface area contributed by atoms with Crippen molar-refractivity contribution in [1.82, 2.24) is 10.2 Å². The molecule has 1 unspecified atom stereocenters. The molecule has 2 aliphatic rings. The van der Waals surface area contributed by atoms with E-state index in [9.17, 15) is 4.79 Å². The molecule has 0 aromatic rings. The summed E-state index contributed by atoms with van der Waals surface area (Å²) in [5, 5.41) is 3.33. The summed E-state index contributed by atoms with van der Waals surface area (Å²) in [6.07, 6.45) is 5.78. The van der Waals surface area contributed by atoms with E-state index in [1.165, 1.54) is 12.8 Å². The molecule has 0 bridgehead atoms. The quantitative estimate of drug-likeness (QED) is 0.805. The maximum atomic E-state index is 12.3. The number of nitrogens with zero attached hydrogens (tertiary/aromatic N) is 1. The molecule has 98 valence electrons. The number of carbonyl (C=O) groups excluding carboxylic acids is 1. The molecular formula is C13H24N2O2. The maximum Gasteiger partial charge on any atom is 0.239 e. The third-order valence-electron chi connectivity index (χ3n) is 3.70. The first-order valence-electron chi connectivity index (χ1n) is 6.95. The van der Waals surface area contributed by atoms with Crippen LogP contribution in [0.5, 0.6) is 0 Å². The molecule has 2 aliphatic heterocycles. The zero-order valence-corrected chi connectivity index (χ0v) is 10.8. The minimum atomic E-state index is 0.0594. The fraction of sp³-hybridized carbons (Fsp3) is 0.923. The first-order chi connectivity index (χ1) is 8.31. The highest BCUT2D eigenvalue weighted by atomic mass is 16.5. The van der Waals surface area contributed by atoms with E-state index in [0.717, 1.165) is 45.5 Å². The molecule has 2 atom stereocenters. The van der Waals surface area contributed by atoms with Crippen molar-refractivity contribution < 1.29 is 9.53 Å². The predicted molar refractivity (Wildman–Crippen MR) is 66.9 cm³/mol. The van der Waals surface area contributed by atoms with E-state index in [-0.39, 0.29) is 18.1 Å². The lowest BCUT2D eigenvalue weighted by molar-refractivity contribution is -0.138. The largest absolute Gasteiger partial charge is 0.377 e. The van der Waals surface area contributed by atoms with Crippen LogP contribution < -0.4 is 5.32 Å². The Hall–Kier alpha value is -0.610. The molecule has 17 heavy (non-hydrogen) atoms. The van der Waals surface area contributed by atoms with E-state index in [1.54, 1.807) is 0 Å². The van der Waals surface area contributed by atoms with Gasteiger partial charge in [-0.15, -0.1) is 0 Å². The third-order valence-corrected chi connectivity index (χ3v) is 3.70. The van der Waals surface area contributed by atoms with Crippen LogP contribution in [-0.4, -0.2) is 49.2 Å². The molecule has 1 N–H and O–H groups in total. The van der Waals surface area contributed by atoms with E-state index in [1.807, 2.05) is 11.8 Å². The summed E-state index contributed by atoms with van der Waals surface area (Å²) in [6.45, 7) is 5.43. The minimum absolute atomic E-state index is 0.0594. The Balaban J connectivity index is 1.85. The first kappa shape index (κ1) is 12.8. The molecule has 1 amide bonds. The van der Waals surface area contributed by atoms with Gasteiger partial charge in [-0.3, -0.25) is 4.79 Å². The molecule has 4 nitrogen and oxygen atoms in total. The normalized spacial score (nSPS) is 30.3. The highest BCUT2D eigenvalue weighted by Gasteiger charge is 2.29. The van der Waals surface area contributed by atoms with E-state index in [4.69, 9.17) is 4.74 Å². The van der Waals surface area contributed by atoms with Gasteiger partial charge in [0.15, 0.2) is 0 Å². The highest BCUT2D eigenvalue weighted by Crippen LogP contribution is 2.16. The lowest BCUT2D eigenvalue weighted by atomic mass is 10.0. The van der Waals surface area contributed by atoms with Gasteiger partial charge in [-0.25, -0.2) is 0 Å². The second-order valence-electron chi connectivity index (χ2n) is 5.01. The van der Waals surface area contributed by atoms with Crippen LogP contribution >= 0.6 is 0 Å². The highest BCUT2D eigenvalue weighted by molar-refractivity contribution is 5.82. The van der Waals surface area contributed by atoms with Crippen LogP contribution in [0, 0.1) is 0 Å². The molecule has 2 rings (SSSR count). The van der Waals surface area contributed by atoms with Gasteiger partial charge in [0.2, 0.25) is 5.91 Å². The smallest absolute Gasteiger partial charge is 0.239 e. The second kappa shape index (κ2) is 6.36. The Kier molecular flexibility index (Phi) is 4.80. The van der Waals surface area contributed by atoms with Gasteiger partial charge in [-0.2, -0.15) is 0 Å². The van der Waals surface area contributed by atoms with Crippen LogP contribution in [0.25, 0.3) is 0 Å². The van der Waals surface area contributed by atoms with Crippen molar-refractivity contribution in [2.45, 2.75) is 51.2 Å². The maximum absolute atomic E-state index is 12.3. The van der Waals surface area contributed by atoms with Crippen LogP contribution in [0.2, 0.25) is 0 Å². The van der Waals surface area contributed by atoms with E-state index >= 15 is 0 Å². The molecule has 2 fully saturated rings. The number of nitrogens with one attached hydrogen (secondary N) is 1. The molecule has 4 heteroatoms. The summed E-state index contributed by atoms with van der Waals surface area (Å²) < 4.78 is 5.64. The summed E-state index contributed by atoms with van der Waals surface area (Å²) in [5.74, 6) is 0.286. The summed E-state index contributed by atoms with van der Waals surface area (Å²) in [7, 11) is 0. The van der Waals surface area contributed by atoms with Crippen molar-refractivity contribution in [1.29, 1.82) is 0 Å². The average Bonchev–Trinajstić information content (AvgIpc) is 2.40. The Morgan fingerprint density at radius 3 is 2.94 bits per heavy atom.